The number of hydrogen-bond donors (Lipinski definition) is 0. The van der Waals surface area contributed by atoms with Crippen molar-refractivity contribution >= 4 is 11.9 Å². The van der Waals surface area contributed by atoms with E-state index in [1.54, 1.807) is 0 Å². The van der Waals surface area contributed by atoms with Crippen LogP contribution in [0.25, 0.3) is 0 Å². The van der Waals surface area contributed by atoms with Gasteiger partial charge in [0.15, 0.2) is 6.10 Å². The van der Waals surface area contributed by atoms with E-state index in [0.29, 0.717) is 19.4 Å². The minimum atomic E-state index is -0.532. The first-order valence-electron chi connectivity index (χ1n) is 24.9. The molecule has 0 aliphatic heterocycles. The van der Waals surface area contributed by atoms with Gasteiger partial charge < -0.3 is 14.2 Å². The Balaban J connectivity index is 4.17. The minimum absolute atomic E-state index is 0.0862. The first-order valence-corrected chi connectivity index (χ1v) is 24.9. The van der Waals surface area contributed by atoms with E-state index in [4.69, 9.17) is 14.2 Å². The average molecular weight is 789 g/mol. The summed E-state index contributed by atoms with van der Waals surface area (Å²) in [7, 11) is 0. The van der Waals surface area contributed by atoms with Crippen molar-refractivity contribution in [2.24, 2.45) is 0 Å². The van der Waals surface area contributed by atoms with E-state index in [-0.39, 0.29) is 25.2 Å². The highest BCUT2D eigenvalue weighted by Gasteiger charge is 2.17. The lowest BCUT2D eigenvalue weighted by Gasteiger charge is -2.18. The summed E-state index contributed by atoms with van der Waals surface area (Å²) in [6.45, 7) is 7.81. The van der Waals surface area contributed by atoms with Gasteiger partial charge in [-0.2, -0.15) is 0 Å². The number of rotatable bonds is 46. The number of carbonyl (C=O) groups excluding carboxylic acids is 2. The molecule has 0 aromatic carbocycles. The Labute approximate surface area is 349 Å². The van der Waals surface area contributed by atoms with E-state index in [1.807, 2.05) is 0 Å². The quantitative estimate of drug-likeness (QED) is 0.0349. The number of allylic oxidation sites excluding steroid dienone is 4. The third kappa shape index (κ3) is 45.1. The molecule has 0 saturated carbocycles. The van der Waals surface area contributed by atoms with Gasteiger partial charge in [0, 0.05) is 19.4 Å². The van der Waals surface area contributed by atoms with Crippen molar-refractivity contribution in [3.63, 3.8) is 0 Å². The zero-order chi connectivity index (χ0) is 40.7. The van der Waals surface area contributed by atoms with Gasteiger partial charge in [-0.05, 0) is 70.6 Å². The first kappa shape index (κ1) is 54.4. The Hall–Kier alpha value is -1.62. The fourth-order valence-corrected chi connectivity index (χ4v) is 7.21. The molecule has 1 unspecified atom stereocenters. The van der Waals surface area contributed by atoms with Gasteiger partial charge in [0.2, 0.25) is 0 Å². The molecule has 0 spiro atoms. The molecule has 5 nitrogen and oxygen atoms in total. The second-order valence-electron chi connectivity index (χ2n) is 16.7. The van der Waals surface area contributed by atoms with Gasteiger partial charge in [0.05, 0.1) is 6.61 Å². The minimum Gasteiger partial charge on any atom is -0.462 e. The fourth-order valence-electron chi connectivity index (χ4n) is 7.21. The zero-order valence-electron chi connectivity index (χ0n) is 37.9. The van der Waals surface area contributed by atoms with Crippen molar-refractivity contribution in [2.75, 3.05) is 19.8 Å². The molecule has 0 aliphatic rings. The largest absolute Gasteiger partial charge is 0.462 e. The van der Waals surface area contributed by atoms with Crippen LogP contribution in [0.5, 0.6) is 0 Å². The van der Waals surface area contributed by atoms with Crippen LogP contribution in [-0.4, -0.2) is 37.9 Å². The maximum Gasteiger partial charge on any atom is 0.306 e. The monoisotopic (exact) mass is 789 g/mol. The van der Waals surface area contributed by atoms with Crippen molar-refractivity contribution in [3.05, 3.63) is 24.3 Å². The summed E-state index contributed by atoms with van der Waals surface area (Å²) in [5, 5.41) is 0. The van der Waals surface area contributed by atoms with E-state index in [1.165, 1.54) is 193 Å². The molecule has 0 radical (unpaired) electrons. The van der Waals surface area contributed by atoms with Gasteiger partial charge in [0.25, 0.3) is 0 Å². The molecule has 0 aliphatic carbocycles. The fraction of sp³-hybridized carbons (Fsp3) is 0.882. The summed E-state index contributed by atoms with van der Waals surface area (Å²) in [6, 6.07) is 0. The van der Waals surface area contributed by atoms with Crippen molar-refractivity contribution in [1.82, 2.24) is 0 Å². The van der Waals surface area contributed by atoms with Crippen LogP contribution in [0.1, 0.15) is 265 Å². The Morgan fingerprint density at radius 3 is 1.11 bits per heavy atom. The van der Waals surface area contributed by atoms with Gasteiger partial charge in [-0.1, -0.05) is 206 Å². The standard InChI is InChI=1S/C51H96O5/c1-4-7-10-13-16-19-21-23-25-26-27-28-30-33-35-38-41-44-50(52)55-48-49(56-51(53)45-42-39-36-32-18-15-12-9-6-3)47-54-46-43-40-37-34-31-29-24-22-20-17-14-11-8-5-2/h20,22-23,25,49H,4-19,21,24,26-48H2,1-3H3/b22-20-,25-23-. The van der Waals surface area contributed by atoms with Gasteiger partial charge >= 0.3 is 11.9 Å². The molecule has 0 heterocycles. The van der Waals surface area contributed by atoms with Gasteiger partial charge in [-0.15, -0.1) is 0 Å². The normalized spacial score (nSPS) is 12.3. The van der Waals surface area contributed by atoms with E-state index < -0.39 is 6.10 Å². The second kappa shape index (κ2) is 47.8. The van der Waals surface area contributed by atoms with Crippen molar-refractivity contribution < 1.29 is 23.8 Å². The van der Waals surface area contributed by atoms with E-state index in [2.05, 4.69) is 45.1 Å². The Morgan fingerprint density at radius 1 is 0.375 bits per heavy atom. The summed E-state index contributed by atoms with van der Waals surface area (Å²) >= 11 is 0. The van der Waals surface area contributed by atoms with E-state index >= 15 is 0 Å². The predicted molar refractivity (Wildman–Crippen MR) is 242 cm³/mol. The summed E-state index contributed by atoms with van der Waals surface area (Å²) < 4.78 is 17.3. The van der Waals surface area contributed by atoms with Crippen LogP contribution in [0.2, 0.25) is 0 Å². The lowest BCUT2D eigenvalue weighted by Crippen LogP contribution is -2.30. The third-order valence-electron chi connectivity index (χ3n) is 11.0. The molecule has 0 rings (SSSR count). The Morgan fingerprint density at radius 2 is 0.696 bits per heavy atom. The first-order chi connectivity index (χ1) is 27.6. The summed E-state index contributed by atoms with van der Waals surface area (Å²) in [5.74, 6) is -0.395. The third-order valence-corrected chi connectivity index (χ3v) is 11.0. The summed E-state index contributed by atoms with van der Waals surface area (Å²) in [4.78, 5) is 25.3. The molecule has 0 bridgehead atoms. The van der Waals surface area contributed by atoms with E-state index in [0.717, 1.165) is 38.5 Å². The van der Waals surface area contributed by atoms with Gasteiger partial charge in [0.1, 0.15) is 6.61 Å². The predicted octanol–water partition coefficient (Wildman–Crippen LogP) is 16.5. The number of carbonyl (C=O) groups is 2. The second-order valence-corrected chi connectivity index (χ2v) is 16.7. The number of esters is 2. The van der Waals surface area contributed by atoms with E-state index in [9.17, 15) is 9.59 Å². The topological polar surface area (TPSA) is 61.8 Å². The van der Waals surface area contributed by atoms with Gasteiger partial charge in [-0.25, -0.2) is 0 Å². The summed E-state index contributed by atoms with van der Waals surface area (Å²) in [6.07, 6.45) is 54.7. The molecule has 1 atom stereocenters. The molecule has 56 heavy (non-hydrogen) atoms. The van der Waals surface area contributed by atoms with Crippen molar-refractivity contribution in [3.8, 4) is 0 Å². The number of hydrogen-bond acceptors (Lipinski definition) is 5. The van der Waals surface area contributed by atoms with Gasteiger partial charge in [-0.3, -0.25) is 9.59 Å². The smallest absolute Gasteiger partial charge is 0.306 e. The Kier molecular flexibility index (Phi) is 46.4. The molecular weight excluding hydrogens is 693 g/mol. The molecule has 0 saturated heterocycles. The van der Waals surface area contributed by atoms with Crippen LogP contribution < -0.4 is 0 Å². The SMILES string of the molecule is CCCCCC/C=C\CCCCCCCCOCC(COC(=O)CCCCCCCCC/C=C\CCCCCCCC)OC(=O)CCCCCCCCCCC. The van der Waals surface area contributed by atoms with Crippen LogP contribution in [0, 0.1) is 0 Å². The van der Waals surface area contributed by atoms with Crippen LogP contribution in [0.4, 0.5) is 0 Å². The molecule has 0 aromatic rings. The van der Waals surface area contributed by atoms with Crippen LogP contribution in [-0.2, 0) is 23.8 Å². The lowest BCUT2D eigenvalue weighted by molar-refractivity contribution is -0.163. The van der Waals surface area contributed by atoms with Crippen molar-refractivity contribution in [2.45, 2.75) is 271 Å². The molecule has 0 N–H and O–H groups in total. The molecule has 330 valence electrons. The summed E-state index contributed by atoms with van der Waals surface area (Å²) in [5.41, 5.74) is 0. The molecule has 5 heteroatoms. The number of ether oxygens (including phenoxy) is 3. The molecule has 0 amide bonds. The van der Waals surface area contributed by atoms with Crippen molar-refractivity contribution in [1.29, 1.82) is 0 Å². The molecule has 0 aromatic heterocycles. The highest BCUT2D eigenvalue weighted by Crippen LogP contribution is 2.14. The van der Waals surface area contributed by atoms with Crippen LogP contribution in [0.15, 0.2) is 24.3 Å². The lowest BCUT2D eigenvalue weighted by atomic mass is 10.1. The highest BCUT2D eigenvalue weighted by atomic mass is 16.6. The average Bonchev–Trinajstić information content (AvgIpc) is 3.20. The molecular formula is C51H96O5. The van der Waals surface area contributed by atoms with Crippen LogP contribution >= 0.6 is 0 Å². The zero-order valence-corrected chi connectivity index (χ0v) is 37.9. The Bertz CT molecular complexity index is 851. The van der Waals surface area contributed by atoms with Crippen LogP contribution in [0.3, 0.4) is 0 Å². The maximum atomic E-state index is 12.7. The maximum absolute atomic E-state index is 12.7. The number of unbranched alkanes of at least 4 members (excludes halogenated alkanes) is 31. The highest BCUT2D eigenvalue weighted by molar-refractivity contribution is 5.70. The molecule has 0 fully saturated rings.